The van der Waals surface area contributed by atoms with E-state index < -0.39 is 12.2 Å². The van der Waals surface area contributed by atoms with Crippen molar-refractivity contribution >= 4 is 11.0 Å². The molecule has 0 fully saturated rings. The Morgan fingerprint density at radius 3 is 2.46 bits per heavy atom. The van der Waals surface area contributed by atoms with Gasteiger partial charge in [0.1, 0.15) is 11.6 Å². The molecule has 7 heteroatoms. The van der Waals surface area contributed by atoms with Gasteiger partial charge in [-0.2, -0.15) is 5.10 Å². The summed E-state index contributed by atoms with van der Waals surface area (Å²) in [7, 11) is 1.54. The average molecular weight is 383 g/mol. The minimum absolute atomic E-state index is 0.145. The molecule has 4 rings (SSSR count). The van der Waals surface area contributed by atoms with Gasteiger partial charge in [-0.05, 0) is 49.4 Å². The molecule has 4 aromatic rings. The van der Waals surface area contributed by atoms with E-state index in [2.05, 4.69) is 10.1 Å². The number of aryl methyl sites for hydroxylation is 1. The van der Waals surface area contributed by atoms with E-state index in [9.17, 15) is 13.2 Å². The fourth-order valence-corrected chi connectivity index (χ4v) is 3.19. The van der Waals surface area contributed by atoms with E-state index in [0.717, 1.165) is 0 Å². The summed E-state index contributed by atoms with van der Waals surface area (Å²) in [4.78, 5) is 4.60. The van der Waals surface area contributed by atoms with Gasteiger partial charge in [0.15, 0.2) is 5.65 Å². The van der Waals surface area contributed by atoms with Gasteiger partial charge in [0.25, 0.3) is 6.43 Å². The highest BCUT2D eigenvalue weighted by atomic mass is 19.3. The Bertz CT molecular complexity index is 1150. The molecule has 0 atom stereocenters. The molecule has 0 saturated heterocycles. The number of hydrogen-bond acceptors (Lipinski definition) is 3. The number of methoxy groups -OCH3 is 1. The Morgan fingerprint density at radius 2 is 1.79 bits per heavy atom. The summed E-state index contributed by atoms with van der Waals surface area (Å²) in [5, 5.41) is 4.67. The Labute approximate surface area is 159 Å². The van der Waals surface area contributed by atoms with Gasteiger partial charge in [0.2, 0.25) is 0 Å². The molecule has 28 heavy (non-hydrogen) atoms. The van der Waals surface area contributed by atoms with E-state index in [-0.39, 0.29) is 5.56 Å². The Kier molecular flexibility index (Phi) is 4.50. The van der Waals surface area contributed by atoms with E-state index in [1.54, 1.807) is 31.2 Å². The van der Waals surface area contributed by atoms with Crippen LogP contribution < -0.4 is 4.74 Å². The molecule has 2 heterocycles. The van der Waals surface area contributed by atoms with Crippen LogP contribution in [-0.4, -0.2) is 21.9 Å². The predicted octanol–water partition coefficient (Wildman–Crippen LogP) is 5.48. The third-order valence-electron chi connectivity index (χ3n) is 4.52. The lowest BCUT2D eigenvalue weighted by Crippen LogP contribution is -2.00. The minimum Gasteiger partial charge on any atom is -0.497 e. The maximum absolute atomic E-state index is 13.8. The molecule has 0 saturated carbocycles. The number of pyridine rings is 1. The highest BCUT2D eigenvalue weighted by molar-refractivity contribution is 5.86. The van der Waals surface area contributed by atoms with E-state index in [1.165, 1.54) is 42.1 Å². The van der Waals surface area contributed by atoms with E-state index in [4.69, 9.17) is 4.74 Å². The van der Waals surface area contributed by atoms with Crippen LogP contribution in [0.2, 0.25) is 0 Å². The SMILES string of the molecule is COc1cccc(-c2cc(C(F)F)c3c(C)nn(-c4ccc(F)cc4)c3n2)c1. The lowest BCUT2D eigenvalue weighted by Gasteiger charge is -2.10. The maximum atomic E-state index is 13.8. The second-order valence-corrected chi connectivity index (χ2v) is 6.30. The van der Waals surface area contributed by atoms with Gasteiger partial charge in [0.05, 0.1) is 29.6 Å². The van der Waals surface area contributed by atoms with Crippen LogP contribution in [0.5, 0.6) is 5.75 Å². The summed E-state index contributed by atoms with van der Waals surface area (Å²) >= 11 is 0. The minimum atomic E-state index is -2.69. The molecule has 0 spiro atoms. The van der Waals surface area contributed by atoms with Crippen molar-refractivity contribution in [3.8, 4) is 22.7 Å². The first-order chi connectivity index (χ1) is 13.5. The molecule has 2 aromatic heterocycles. The number of rotatable bonds is 4. The lowest BCUT2D eigenvalue weighted by atomic mass is 10.1. The van der Waals surface area contributed by atoms with Crippen molar-refractivity contribution in [1.82, 2.24) is 14.8 Å². The van der Waals surface area contributed by atoms with Crippen LogP contribution in [0.1, 0.15) is 17.7 Å². The molecule has 0 amide bonds. The topological polar surface area (TPSA) is 39.9 Å². The predicted molar refractivity (Wildman–Crippen MR) is 101 cm³/mol. The largest absolute Gasteiger partial charge is 0.497 e. The number of alkyl halides is 2. The summed E-state index contributed by atoms with van der Waals surface area (Å²) in [5.41, 5.74) is 2.14. The van der Waals surface area contributed by atoms with Crippen LogP contribution in [0.4, 0.5) is 13.2 Å². The molecule has 4 nitrogen and oxygen atoms in total. The number of nitrogens with zero attached hydrogens (tertiary/aromatic N) is 3. The molecule has 0 aliphatic carbocycles. The van der Waals surface area contributed by atoms with Gasteiger partial charge in [-0.1, -0.05) is 12.1 Å². The zero-order chi connectivity index (χ0) is 19.8. The fourth-order valence-electron chi connectivity index (χ4n) is 3.19. The van der Waals surface area contributed by atoms with Crippen LogP contribution in [0.25, 0.3) is 28.0 Å². The molecular weight excluding hydrogens is 367 g/mol. The number of benzene rings is 2. The number of ether oxygens (including phenoxy) is 1. The Hall–Kier alpha value is -3.35. The number of halogens is 3. The Balaban J connectivity index is 2.00. The molecule has 0 radical (unpaired) electrons. The quantitative estimate of drug-likeness (QED) is 0.468. The van der Waals surface area contributed by atoms with Crippen molar-refractivity contribution < 1.29 is 17.9 Å². The molecule has 2 aromatic carbocycles. The van der Waals surface area contributed by atoms with Gasteiger partial charge in [0, 0.05) is 11.1 Å². The highest BCUT2D eigenvalue weighted by Crippen LogP contribution is 2.34. The molecule has 142 valence electrons. The summed E-state index contributed by atoms with van der Waals surface area (Å²) in [5.74, 6) is 0.205. The Morgan fingerprint density at radius 1 is 1.04 bits per heavy atom. The molecule has 0 aliphatic heterocycles. The summed E-state index contributed by atoms with van der Waals surface area (Å²) < 4.78 is 47.7. The van der Waals surface area contributed by atoms with E-state index >= 15 is 0 Å². The molecule has 0 unspecified atom stereocenters. The summed E-state index contributed by atoms with van der Waals surface area (Å²) in [6, 6.07) is 14.1. The molecule has 0 aliphatic rings. The van der Waals surface area contributed by atoms with Crippen LogP contribution in [0, 0.1) is 12.7 Å². The van der Waals surface area contributed by atoms with Crippen LogP contribution in [0.3, 0.4) is 0 Å². The maximum Gasteiger partial charge on any atom is 0.264 e. The zero-order valence-electron chi connectivity index (χ0n) is 15.2. The lowest BCUT2D eigenvalue weighted by molar-refractivity contribution is 0.153. The standard InChI is InChI=1S/C21H16F3N3O/c1-12-19-17(20(23)24)11-18(13-4-3-5-16(10-13)28-2)25-21(19)27(26-12)15-8-6-14(22)7-9-15/h3-11,20H,1-2H3. The monoisotopic (exact) mass is 383 g/mol. The molecule has 0 bridgehead atoms. The van der Waals surface area contributed by atoms with Crippen molar-refractivity contribution in [1.29, 1.82) is 0 Å². The second-order valence-electron chi connectivity index (χ2n) is 6.30. The zero-order valence-corrected chi connectivity index (χ0v) is 15.2. The average Bonchev–Trinajstić information content (AvgIpc) is 3.04. The van der Waals surface area contributed by atoms with Crippen LogP contribution in [0.15, 0.2) is 54.6 Å². The van der Waals surface area contributed by atoms with Crippen LogP contribution in [-0.2, 0) is 0 Å². The van der Waals surface area contributed by atoms with Crippen molar-refractivity contribution in [2.75, 3.05) is 7.11 Å². The van der Waals surface area contributed by atoms with Gasteiger partial charge in [-0.3, -0.25) is 0 Å². The summed E-state index contributed by atoms with van der Waals surface area (Å²) in [6.45, 7) is 1.65. The van der Waals surface area contributed by atoms with Gasteiger partial charge in [-0.25, -0.2) is 22.8 Å². The smallest absolute Gasteiger partial charge is 0.264 e. The van der Waals surface area contributed by atoms with Crippen molar-refractivity contribution in [3.05, 3.63) is 71.7 Å². The van der Waals surface area contributed by atoms with Gasteiger partial charge < -0.3 is 4.74 Å². The first kappa shape index (κ1) is 18.0. The first-order valence-electron chi connectivity index (χ1n) is 8.56. The summed E-state index contributed by atoms with van der Waals surface area (Å²) in [6.07, 6.45) is -2.69. The number of aromatic nitrogens is 3. The van der Waals surface area contributed by atoms with E-state index in [0.29, 0.717) is 39.4 Å². The van der Waals surface area contributed by atoms with Gasteiger partial charge >= 0.3 is 0 Å². The molecule has 0 N–H and O–H groups in total. The fraction of sp³-hybridized carbons (Fsp3) is 0.143. The molecular formula is C21H16F3N3O. The van der Waals surface area contributed by atoms with Gasteiger partial charge in [-0.15, -0.1) is 0 Å². The highest BCUT2D eigenvalue weighted by Gasteiger charge is 2.21. The normalized spacial score (nSPS) is 11.4. The third-order valence-corrected chi connectivity index (χ3v) is 4.52. The van der Waals surface area contributed by atoms with Crippen molar-refractivity contribution in [2.24, 2.45) is 0 Å². The van der Waals surface area contributed by atoms with E-state index in [1.807, 2.05) is 0 Å². The van der Waals surface area contributed by atoms with Crippen molar-refractivity contribution in [2.45, 2.75) is 13.3 Å². The third kappa shape index (κ3) is 3.09. The van der Waals surface area contributed by atoms with Crippen molar-refractivity contribution in [3.63, 3.8) is 0 Å². The first-order valence-corrected chi connectivity index (χ1v) is 8.56. The second kappa shape index (κ2) is 6.99. The number of fused-ring (bicyclic) bond motifs is 1. The number of hydrogen-bond donors (Lipinski definition) is 0. The van der Waals surface area contributed by atoms with Crippen LogP contribution >= 0.6 is 0 Å².